The van der Waals surface area contributed by atoms with E-state index >= 15 is 0 Å². The Labute approximate surface area is 200 Å². The van der Waals surface area contributed by atoms with Crippen molar-refractivity contribution in [3.8, 4) is 5.75 Å². The van der Waals surface area contributed by atoms with Crippen LogP contribution >= 0.6 is 63.7 Å². The van der Waals surface area contributed by atoms with Crippen LogP contribution in [-0.2, 0) is 20.8 Å². The zero-order valence-corrected chi connectivity index (χ0v) is 21.4. The van der Waals surface area contributed by atoms with E-state index in [0.717, 1.165) is 5.56 Å². The smallest absolute Gasteiger partial charge is 0.269 e. The number of rotatable bonds is 5. The molecule has 0 fully saturated rings. The molecular formula is C18H16Br4N2O5. The SMILES string of the molecule is COC1=C(Br)[C@@H](O)[C@]2(C=C1Br)CC(C(=O)NCCc1cc(Br)c(O)c(Br)c1)=NO2. The highest BCUT2D eigenvalue weighted by molar-refractivity contribution is 9.12. The summed E-state index contributed by atoms with van der Waals surface area (Å²) < 4.78 is 7.39. The topological polar surface area (TPSA) is 100 Å². The second kappa shape index (κ2) is 9.09. The fourth-order valence-corrected chi connectivity index (χ4v) is 6.08. The summed E-state index contributed by atoms with van der Waals surface area (Å²) in [5.41, 5.74) is -0.0625. The number of oxime groups is 1. The van der Waals surface area contributed by atoms with Crippen molar-refractivity contribution in [2.75, 3.05) is 13.7 Å². The third-order valence-electron chi connectivity index (χ3n) is 4.52. The highest BCUT2D eigenvalue weighted by Gasteiger charge is 2.50. The molecule has 1 aliphatic carbocycles. The molecule has 1 aliphatic heterocycles. The lowest BCUT2D eigenvalue weighted by Gasteiger charge is -2.33. The Morgan fingerprint density at radius 1 is 1.34 bits per heavy atom. The van der Waals surface area contributed by atoms with E-state index in [1.54, 1.807) is 18.2 Å². The third-order valence-corrected chi connectivity index (χ3v) is 7.11. The Balaban J connectivity index is 1.61. The Kier molecular flexibility index (Phi) is 7.14. The van der Waals surface area contributed by atoms with Crippen LogP contribution in [0, 0.1) is 0 Å². The highest BCUT2D eigenvalue weighted by Crippen LogP contribution is 2.43. The fraction of sp³-hybridized carbons (Fsp3) is 0.333. The highest BCUT2D eigenvalue weighted by atomic mass is 79.9. The van der Waals surface area contributed by atoms with Gasteiger partial charge in [-0.25, -0.2) is 0 Å². The van der Waals surface area contributed by atoms with E-state index in [1.807, 2.05) is 0 Å². The number of carbonyl (C=O) groups excluding carboxylic acids is 1. The number of aliphatic hydroxyl groups excluding tert-OH is 1. The van der Waals surface area contributed by atoms with E-state index in [1.165, 1.54) is 7.11 Å². The molecule has 3 rings (SSSR count). The summed E-state index contributed by atoms with van der Waals surface area (Å²) in [4.78, 5) is 18.0. The first-order valence-corrected chi connectivity index (χ1v) is 11.6. The number of benzene rings is 1. The first kappa shape index (κ1) is 22.8. The minimum Gasteiger partial charge on any atom is -0.506 e. The third kappa shape index (κ3) is 4.58. The molecule has 0 unspecified atom stereocenters. The summed E-state index contributed by atoms with van der Waals surface area (Å²) in [6.45, 7) is 0.369. The van der Waals surface area contributed by atoms with E-state index in [9.17, 15) is 15.0 Å². The molecule has 29 heavy (non-hydrogen) atoms. The molecule has 7 nitrogen and oxygen atoms in total. The second-order valence-corrected chi connectivity index (χ2v) is 9.87. The van der Waals surface area contributed by atoms with Crippen molar-refractivity contribution >= 4 is 75.3 Å². The van der Waals surface area contributed by atoms with Crippen LogP contribution in [0.3, 0.4) is 0 Å². The summed E-state index contributed by atoms with van der Waals surface area (Å²) in [6, 6.07) is 3.57. The van der Waals surface area contributed by atoms with Crippen molar-refractivity contribution in [1.82, 2.24) is 5.32 Å². The normalized spacial score (nSPS) is 23.6. The maximum Gasteiger partial charge on any atom is 0.269 e. The number of aliphatic hydroxyl groups is 1. The summed E-state index contributed by atoms with van der Waals surface area (Å²) >= 11 is 13.3. The Morgan fingerprint density at radius 3 is 2.62 bits per heavy atom. The van der Waals surface area contributed by atoms with Crippen LogP contribution in [0.1, 0.15) is 12.0 Å². The monoisotopic (exact) mass is 656 g/mol. The summed E-state index contributed by atoms with van der Waals surface area (Å²) in [7, 11) is 1.49. The molecule has 0 bridgehead atoms. The van der Waals surface area contributed by atoms with Gasteiger partial charge in [-0.2, -0.15) is 0 Å². The second-order valence-electron chi connectivity index (χ2n) is 6.45. The predicted octanol–water partition coefficient (Wildman–Crippen LogP) is 4.00. The van der Waals surface area contributed by atoms with Gasteiger partial charge in [-0.1, -0.05) is 5.16 Å². The van der Waals surface area contributed by atoms with Crippen LogP contribution < -0.4 is 5.32 Å². The Hall–Kier alpha value is -0.880. The summed E-state index contributed by atoms with van der Waals surface area (Å²) in [6.07, 6.45) is 1.25. The van der Waals surface area contributed by atoms with Crippen LogP contribution in [0.15, 0.2) is 47.0 Å². The standard InChI is InChI=1S/C18H16Br4N2O5/c1-28-15-11(21)6-18(16(26)13(15)22)7-12(24-29-18)17(27)23-3-2-8-4-9(19)14(25)10(20)5-8/h4-6,16,25-26H,2-3,7H2,1H3,(H,23,27)/t16-,18+/m1/s1. The van der Waals surface area contributed by atoms with E-state index < -0.39 is 11.7 Å². The average Bonchev–Trinajstić information content (AvgIpc) is 3.09. The number of carbonyl (C=O) groups is 1. The van der Waals surface area contributed by atoms with Gasteiger partial charge in [-0.05, 0) is 93.9 Å². The molecule has 11 heteroatoms. The van der Waals surface area contributed by atoms with Gasteiger partial charge < -0.3 is 25.1 Å². The molecule has 0 radical (unpaired) electrons. The van der Waals surface area contributed by atoms with Crippen LogP contribution in [0.5, 0.6) is 5.75 Å². The number of ether oxygens (including phenoxy) is 1. The van der Waals surface area contributed by atoms with Crippen molar-refractivity contribution in [2.24, 2.45) is 5.16 Å². The van der Waals surface area contributed by atoms with Gasteiger partial charge in [0.2, 0.25) is 0 Å². The van der Waals surface area contributed by atoms with Gasteiger partial charge in [-0.15, -0.1) is 0 Å². The van der Waals surface area contributed by atoms with E-state index in [2.05, 4.69) is 74.2 Å². The van der Waals surface area contributed by atoms with Crippen LogP contribution in [0.4, 0.5) is 0 Å². The largest absolute Gasteiger partial charge is 0.506 e. The Bertz CT molecular complexity index is 923. The number of methoxy groups -OCH3 is 1. The van der Waals surface area contributed by atoms with Gasteiger partial charge in [0.1, 0.15) is 23.3 Å². The van der Waals surface area contributed by atoms with Gasteiger partial charge in [-0.3, -0.25) is 4.79 Å². The molecule has 2 aliphatic rings. The molecule has 1 aromatic rings. The molecule has 0 saturated carbocycles. The zero-order valence-electron chi connectivity index (χ0n) is 15.0. The van der Waals surface area contributed by atoms with Crippen molar-refractivity contribution in [2.45, 2.75) is 24.5 Å². The molecular weight excluding hydrogens is 644 g/mol. The number of amides is 1. The van der Waals surface area contributed by atoms with Crippen LogP contribution in [0.2, 0.25) is 0 Å². The van der Waals surface area contributed by atoms with Crippen LogP contribution in [0.25, 0.3) is 0 Å². The van der Waals surface area contributed by atoms with Gasteiger partial charge in [0.05, 0.1) is 25.0 Å². The number of phenols is 1. The lowest BCUT2D eigenvalue weighted by Crippen LogP contribution is -2.45. The number of hydrogen-bond acceptors (Lipinski definition) is 6. The fourth-order valence-electron chi connectivity index (χ4n) is 3.00. The molecule has 1 spiro atoms. The average molecular weight is 660 g/mol. The molecule has 0 saturated heterocycles. The number of nitrogens with one attached hydrogen (secondary N) is 1. The number of hydrogen-bond donors (Lipinski definition) is 3. The molecule has 0 aromatic heterocycles. The summed E-state index contributed by atoms with van der Waals surface area (Å²) in [5, 5.41) is 27.1. The van der Waals surface area contributed by atoms with Gasteiger partial charge in [0, 0.05) is 13.0 Å². The molecule has 2 atom stereocenters. The predicted molar refractivity (Wildman–Crippen MR) is 122 cm³/mol. The Morgan fingerprint density at radius 2 is 2.00 bits per heavy atom. The maximum absolute atomic E-state index is 12.5. The number of nitrogens with zero attached hydrogens (tertiary/aromatic N) is 1. The minimum absolute atomic E-state index is 0.109. The lowest BCUT2D eigenvalue weighted by molar-refractivity contribution is -0.114. The van der Waals surface area contributed by atoms with Crippen LogP contribution in [-0.4, -0.2) is 47.2 Å². The first-order chi connectivity index (χ1) is 13.7. The zero-order chi connectivity index (χ0) is 21.3. The number of allylic oxidation sites excluding steroid dienone is 1. The lowest BCUT2D eigenvalue weighted by atomic mass is 9.87. The van der Waals surface area contributed by atoms with Crippen molar-refractivity contribution < 1.29 is 24.6 Å². The maximum atomic E-state index is 12.5. The molecule has 156 valence electrons. The minimum atomic E-state index is -1.18. The van der Waals surface area contributed by atoms with Gasteiger partial charge >= 0.3 is 0 Å². The van der Waals surface area contributed by atoms with Gasteiger partial charge in [0.25, 0.3) is 5.91 Å². The van der Waals surface area contributed by atoms with E-state index in [-0.39, 0.29) is 23.8 Å². The molecule has 1 heterocycles. The number of phenolic OH excluding ortho intramolecular Hbond substituents is 1. The number of aromatic hydroxyl groups is 1. The molecule has 3 N–H and O–H groups in total. The molecule has 1 amide bonds. The summed E-state index contributed by atoms with van der Waals surface area (Å²) in [5.74, 6) is 0.214. The van der Waals surface area contributed by atoms with Gasteiger partial charge in [0.15, 0.2) is 5.60 Å². The van der Waals surface area contributed by atoms with Crippen molar-refractivity contribution in [1.29, 1.82) is 0 Å². The first-order valence-electron chi connectivity index (χ1n) is 8.39. The quantitative estimate of drug-likeness (QED) is 0.444. The molecule has 1 aromatic carbocycles. The van der Waals surface area contributed by atoms with E-state index in [4.69, 9.17) is 9.57 Å². The van der Waals surface area contributed by atoms with Crippen molar-refractivity contribution in [3.63, 3.8) is 0 Å². The van der Waals surface area contributed by atoms with E-state index in [0.29, 0.717) is 36.6 Å². The van der Waals surface area contributed by atoms with Crippen molar-refractivity contribution in [3.05, 3.63) is 47.4 Å². The number of halogens is 4.